The van der Waals surface area contributed by atoms with Crippen LogP contribution in [0.25, 0.3) is 0 Å². The third-order valence-electron chi connectivity index (χ3n) is 2.38. The number of pyridine rings is 2. The number of nitrogens with zero attached hydrogens (tertiary/aromatic N) is 2. The summed E-state index contributed by atoms with van der Waals surface area (Å²) in [6.45, 7) is 0. The Bertz CT molecular complexity index is 608. The van der Waals surface area contributed by atoms with Crippen LogP contribution in [0.1, 0.15) is 0 Å². The zero-order valence-corrected chi connectivity index (χ0v) is 11.6. The molecule has 0 saturated carbocycles. The van der Waals surface area contributed by atoms with Crippen molar-refractivity contribution in [3.8, 4) is 5.75 Å². The lowest BCUT2D eigenvalue weighted by molar-refractivity contribution is 0.413. The van der Waals surface area contributed by atoms with E-state index in [-0.39, 0.29) is 5.56 Å². The molecule has 2 heterocycles. The number of aryl methyl sites for hydroxylation is 1. The van der Waals surface area contributed by atoms with Crippen LogP contribution in [0.3, 0.4) is 0 Å². The molecule has 0 spiro atoms. The zero-order valence-electron chi connectivity index (χ0n) is 9.98. The summed E-state index contributed by atoms with van der Waals surface area (Å²) >= 11 is 3.34. The monoisotopic (exact) mass is 309 g/mol. The van der Waals surface area contributed by atoms with Gasteiger partial charge < -0.3 is 14.6 Å². The van der Waals surface area contributed by atoms with Crippen molar-refractivity contribution in [2.24, 2.45) is 7.05 Å². The van der Waals surface area contributed by atoms with Crippen molar-refractivity contribution in [3.05, 3.63) is 45.4 Å². The van der Waals surface area contributed by atoms with Gasteiger partial charge in [-0.3, -0.25) is 4.79 Å². The number of ether oxygens (including phenoxy) is 1. The molecule has 0 bridgehead atoms. The minimum absolute atomic E-state index is 0.115. The van der Waals surface area contributed by atoms with Crippen LogP contribution in [0.5, 0.6) is 5.75 Å². The quantitative estimate of drug-likeness (QED) is 0.945. The lowest BCUT2D eigenvalue weighted by Gasteiger charge is -2.08. The third-order valence-corrected chi connectivity index (χ3v) is 2.82. The van der Waals surface area contributed by atoms with Gasteiger partial charge in [-0.1, -0.05) is 0 Å². The molecule has 0 saturated heterocycles. The molecular weight excluding hydrogens is 298 g/mol. The van der Waals surface area contributed by atoms with E-state index in [1.807, 2.05) is 0 Å². The molecule has 1 N–H and O–H groups in total. The van der Waals surface area contributed by atoms with Crippen molar-refractivity contribution in [3.63, 3.8) is 0 Å². The van der Waals surface area contributed by atoms with Crippen molar-refractivity contribution in [2.45, 2.75) is 0 Å². The number of nitrogens with one attached hydrogen (secondary N) is 1. The van der Waals surface area contributed by atoms with Crippen molar-refractivity contribution in [2.75, 3.05) is 12.4 Å². The van der Waals surface area contributed by atoms with E-state index in [0.717, 1.165) is 4.47 Å². The second-order valence-electron chi connectivity index (χ2n) is 3.70. The zero-order chi connectivity index (χ0) is 13.1. The Morgan fingerprint density at radius 2 is 2.22 bits per heavy atom. The molecule has 0 amide bonds. The number of aromatic nitrogens is 2. The van der Waals surface area contributed by atoms with Crippen LogP contribution >= 0.6 is 15.9 Å². The number of rotatable bonds is 3. The highest BCUT2D eigenvalue weighted by Crippen LogP contribution is 2.17. The predicted octanol–water partition coefficient (Wildman–Crippen LogP) is 2.29. The van der Waals surface area contributed by atoms with E-state index in [1.165, 1.54) is 4.57 Å². The van der Waals surface area contributed by atoms with Crippen molar-refractivity contribution in [1.82, 2.24) is 9.55 Å². The van der Waals surface area contributed by atoms with Gasteiger partial charge in [0.25, 0.3) is 5.56 Å². The second-order valence-corrected chi connectivity index (χ2v) is 4.61. The summed E-state index contributed by atoms with van der Waals surface area (Å²) in [6.07, 6.45) is 3.29. The van der Waals surface area contributed by atoms with Crippen molar-refractivity contribution >= 4 is 27.4 Å². The molecule has 0 fully saturated rings. The van der Waals surface area contributed by atoms with Crippen LogP contribution < -0.4 is 15.6 Å². The third kappa shape index (κ3) is 2.70. The molecule has 2 aromatic rings. The molecule has 94 valence electrons. The first kappa shape index (κ1) is 12.6. The van der Waals surface area contributed by atoms with Crippen LogP contribution in [-0.2, 0) is 7.05 Å². The Hall–Kier alpha value is -1.82. The topological polar surface area (TPSA) is 56.1 Å². The average molecular weight is 310 g/mol. The Morgan fingerprint density at radius 3 is 2.83 bits per heavy atom. The highest BCUT2D eigenvalue weighted by molar-refractivity contribution is 9.10. The highest BCUT2D eigenvalue weighted by atomic mass is 79.9. The van der Waals surface area contributed by atoms with Gasteiger partial charge in [0.05, 0.1) is 13.3 Å². The predicted molar refractivity (Wildman–Crippen MR) is 73.5 cm³/mol. The highest BCUT2D eigenvalue weighted by Gasteiger charge is 2.04. The van der Waals surface area contributed by atoms with E-state index in [9.17, 15) is 4.79 Å². The van der Waals surface area contributed by atoms with E-state index in [0.29, 0.717) is 17.3 Å². The molecule has 5 nitrogen and oxygen atoms in total. The van der Waals surface area contributed by atoms with Gasteiger partial charge in [0.1, 0.15) is 17.3 Å². The van der Waals surface area contributed by atoms with E-state index in [1.54, 1.807) is 44.8 Å². The normalized spacial score (nSPS) is 10.2. The fourth-order valence-corrected chi connectivity index (χ4v) is 2.01. The van der Waals surface area contributed by atoms with Gasteiger partial charge in [-0.15, -0.1) is 0 Å². The number of halogens is 1. The molecule has 0 aliphatic rings. The summed E-state index contributed by atoms with van der Waals surface area (Å²) in [6, 6.07) is 5.24. The Labute approximate surface area is 113 Å². The van der Waals surface area contributed by atoms with E-state index >= 15 is 0 Å². The number of hydrogen-bond donors (Lipinski definition) is 1. The first-order valence-corrected chi connectivity index (χ1v) is 6.02. The molecule has 0 atom stereocenters. The maximum Gasteiger partial charge on any atom is 0.274 e. The van der Waals surface area contributed by atoms with Crippen LogP contribution in [0.4, 0.5) is 11.5 Å². The van der Waals surface area contributed by atoms with E-state index in [4.69, 9.17) is 4.74 Å². The second kappa shape index (κ2) is 5.22. The lowest BCUT2D eigenvalue weighted by Crippen LogP contribution is -2.19. The standard InChI is InChI=1S/C12H12BrN3O2/c1-16-7-8(13)5-10(12(16)17)15-11-4-3-9(18-2)6-14-11/h3-7H,1-2H3,(H,14,15). The molecule has 0 aliphatic heterocycles. The van der Waals surface area contributed by atoms with Crippen LogP contribution in [0.2, 0.25) is 0 Å². The van der Waals surface area contributed by atoms with Crippen LogP contribution in [0.15, 0.2) is 39.9 Å². The lowest BCUT2D eigenvalue weighted by atomic mass is 10.3. The van der Waals surface area contributed by atoms with E-state index in [2.05, 4.69) is 26.2 Å². The summed E-state index contributed by atoms with van der Waals surface area (Å²) in [4.78, 5) is 16.0. The first-order valence-electron chi connectivity index (χ1n) is 5.23. The molecule has 0 radical (unpaired) electrons. The first-order chi connectivity index (χ1) is 8.60. The summed E-state index contributed by atoms with van der Waals surface area (Å²) in [5.74, 6) is 1.26. The molecule has 0 aliphatic carbocycles. The maximum absolute atomic E-state index is 11.9. The summed E-state index contributed by atoms with van der Waals surface area (Å²) in [7, 11) is 3.27. The molecule has 2 aromatic heterocycles. The summed E-state index contributed by atoms with van der Waals surface area (Å²) in [5.41, 5.74) is 0.348. The Balaban J connectivity index is 2.31. The summed E-state index contributed by atoms with van der Waals surface area (Å²) in [5, 5.41) is 2.98. The van der Waals surface area contributed by atoms with Gasteiger partial charge in [-0.05, 0) is 34.1 Å². The minimum atomic E-state index is -0.115. The Kier molecular flexibility index (Phi) is 3.66. The van der Waals surface area contributed by atoms with Crippen LogP contribution in [-0.4, -0.2) is 16.7 Å². The Morgan fingerprint density at radius 1 is 1.44 bits per heavy atom. The van der Waals surface area contributed by atoms with Gasteiger partial charge >= 0.3 is 0 Å². The minimum Gasteiger partial charge on any atom is -0.495 e. The molecular formula is C12H12BrN3O2. The largest absolute Gasteiger partial charge is 0.495 e. The molecule has 18 heavy (non-hydrogen) atoms. The van der Waals surface area contributed by atoms with Crippen LogP contribution in [0, 0.1) is 0 Å². The fraction of sp³-hybridized carbons (Fsp3) is 0.167. The number of anilines is 2. The molecule has 6 heteroatoms. The SMILES string of the molecule is COc1ccc(Nc2cc(Br)cn(C)c2=O)nc1. The fourth-order valence-electron chi connectivity index (χ4n) is 1.47. The van der Waals surface area contributed by atoms with Gasteiger partial charge in [0.2, 0.25) is 0 Å². The summed E-state index contributed by atoms with van der Waals surface area (Å²) < 4.78 is 7.33. The smallest absolute Gasteiger partial charge is 0.274 e. The number of methoxy groups -OCH3 is 1. The maximum atomic E-state index is 11.9. The van der Waals surface area contributed by atoms with Gasteiger partial charge in [0.15, 0.2) is 0 Å². The van der Waals surface area contributed by atoms with E-state index < -0.39 is 0 Å². The van der Waals surface area contributed by atoms with Crippen molar-refractivity contribution < 1.29 is 4.74 Å². The van der Waals surface area contributed by atoms with Gasteiger partial charge in [-0.2, -0.15) is 0 Å². The molecule has 0 unspecified atom stereocenters. The molecule has 0 aromatic carbocycles. The average Bonchev–Trinajstić information content (AvgIpc) is 2.36. The van der Waals surface area contributed by atoms with Crippen molar-refractivity contribution in [1.29, 1.82) is 0 Å². The number of hydrogen-bond acceptors (Lipinski definition) is 4. The van der Waals surface area contributed by atoms with Gasteiger partial charge in [0, 0.05) is 17.7 Å². The molecule has 2 rings (SSSR count). The van der Waals surface area contributed by atoms with Gasteiger partial charge in [-0.25, -0.2) is 4.98 Å².